The highest BCUT2D eigenvalue weighted by molar-refractivity contribution is 5.43. The Balaban J connectivity index is 2.30. The van der Waals surface area contributed by atoms with Gasteiger partial charge in [0.25, 0.3) is 0 Å². The van der Waals surface area contributed by atoms with Crippen molar-refractivity contribution in [1.29, 1.82) is 0 Å². The van der Waals surface area contributed by atoms with Crippen LogP contribution in [0.1, 0.15) is 12.5 Å². The fourth-order valence-corrected chi connectivity index (χ4v) is 1.27. The Bertz CT molecular complexity index is 231. The van der Waals surface area contributed by atoms with Gasteiger partial charge < -0.3 is 9.84 Å². The van der Waals surface area contributed by atoms with Gasteiger partial charge in [0.15, 0.2) is 5.82 Å². The lowest BCUT2D eigenvalue weighted by Gasteiger charge is -2.17. The van der Waals surface area contributed by atoms with E-state index in [2.05, 4.69) is 17.4 Å². The molecule has 0 aliphatic carbocycles. The maximum Gasteiger partial charge on any atom is 0.172 e. The van der Waals surface area contributed by atoms with E-state index in [9.17, 15) is 0 Å². The highest BCUT2D eigenvalue weighted by atomic mass is 16.5. The molecule has 0 saturated carbocycles. The van der Waals surface area contributed by atoms with E-state index in [1.807, 2.05) is 0 Å². The molecule has 2 heterocycles. The van der Waals surface area contributed by atoms with E-state index in [1.165, 1.54) is 5.56 Å². The van der Waals surface area contributed by atoms with Crippen LogP contribution in [-0.4, -0.2) is 11.7 Å². The Morgan fingerprint density at radius 1 is 1.80 bits per heavy atom. The molecule has 0 saturated heterocycles. The Morgan fingerprint density at radius 2 is 2.70 bits per heavy atom. The van der Waals surface area contributed by atoms with Crippen molar-refractivity contribution in [2.24, 2.45) is 5.92 Å². The van der Waals surface area contributed by atoms with Crippen LogP contribution < -0.4 is 5.32 Å². The molecule has 3 nitrogen and oxygen atoms in total. The van der Waals surface area contributed by atoms with E-state index < -0.39 is 0 Å². The van der Waals surface area contributed by atoms with Crippen molar-refractivity contribution in [3.63, 3.8) is 0 Å². The number of nitrogens with zero attached hydrogens (tertiary/aromatic N) is 1. The van der Waals surface area contributed by atoms with E-state index in [0.717, 1.165) is 18.8 Å². The third-order valence-electron chi connectivity index (χ3n) is 1.83. The highest BCUT2D eigenvalue weighted by Crippen LogP contribution is 2.21. The van der Waals surface area contributed by atoms with Crippen LogP contribution in [0.2, 0.25) is 0 Å². The molecule has 1 atom stereocenters. The molecule has 0 fully saturated rings. The summed E-state index contributed by atoms with van der Waals surface area (Å²) >= 11 is 0. The van der Waals surface area contributed by atoms with E-state index in [1.54, 1.807) is 6.26 Å². The molecule has 0 aromatic carbocycles. The molecule has 1 aromatic rings. The maximum absolute atomic E-state index is 4.80. The molecule has 1 N–H and O–H groups in total. The van der Waals surface area contributed by atoms with Crippen molar-refractivity contribution >= 4 is 5.82 Å². The number of fused-ring (bicyclic) bond motifs is 1. The van der Waals surface area contributed by atoms with Crippen molar-refractivity contribution < 1.29 is 4.52 Å². The molecule has 2 rings (SSSR count). The van der Waals surface area contributed by atoms with Crippen LogP contribution in [0.3, 0.4) is 0 Å². The summed E-state index contributed by atoms with van der Waals surface area (Å²) < 4.78 is 4.80. The van der Waals surface area contributed by atoms with Crippen LogP contribution in [0.15, 0.2) is 10.8 Å². The van der Waals surface area contributed by atoms with Gasteiger partial charge in [0.05, 0.1) is 0 Å². The number of hydrogen-bond donors (Lipinski definition) is 1. The molecule has 0 radical (unpaired) electrons. The standard InChI is InChI=1S/C7H10N2O/c1-5-2-6-4-10-9-7(6)8-3-5/h4-5H,2-3H2,1H3,(H,8,9). The average Bonchev–Trinajstić information content (AvgIpc) is 2.33. The first-order valence-electron chi connectivity index (χ1n) is 3.53. The summed E-state index contributed by atoms with van der Waals surface area (Å²) in [4.78, 5) is 0. The summed E-state index contributed by atoms with van der Waals surface area (Å²) in [5.74, 6) is 1.63. The third-order valence-corrected chi connectivity index (χ3v) is 1.83. The summed E-state index contributed by atoms with van der Waals surface area (Å²) in [5, 5.41) is 6.99. The lowest BCUT2D eigenvalue weighted by Crippen LogP contribution is -2.19. The summed E-state index contributed by atoms with van der Waals surface area (Å²) in [6, 6.07) is 0. The lowest BCUT2D eigenvalue weighted by atomic mass is 10.0. The van der Waals surface area contributed by atoms with Gasteiger partial charge in [-0.25, -0.2) is 0 Å². The smallest absolute Gasteiger partial charge is 0.172 e. The van der Waals surface area contributed by atoms with Gasteiger partial charge >= 0.3 is 0 Å². The highest BCUT2D eigenvalue weighted by Gasteiger charge is 2.16. The van der Waals surface area contributed by atoms with Gasteiger partial charge in [0.1, 0.15) is 6.26 Å². The van der Waals surface area contributed by atoms with Gasteiger partial charge in [-0.1, -0.05) is 12.1 Å². The number of hydrogen-bond acceptors (Lipinski definition) is 3. The van der Waals surface area contributed by atoms with Crippen LogP contribution in [0.5, 0.6) is 0 Å². The first-order chi connectivity index (χ1) is 4.86. The Kier molecular flexibility index (Phi) is 1.16. The molecule has 3 heteroatoms. The molecular weight excluding hydrogens is 128 g/mol. The monoisotopic (exact) mass is 138 g/mol. The van der Waals surface area contributed by atoms with Gasteiger partial charge in [-0.2, -0.15) is 0 Å². The second-order valence-electron chi connectivity index (χ2n) is 2.88. The molecule has 1 unspecified atom stereocenters. The van der Waals surface area contributed by atoms with Gasteiger partial charge in [0, 0.05) is 12.1 Å². The zero-order valence-corrected chi connectivity index (χ0v) is 5.92. The van der Waals surface area contributed by atoms with Gasteiger partial charge in [0.2, 0.25) is 0 Å². The molecule has 54 valence electrons. The fraction of sp³-hybridized carbons (Fsp3) is 0.571. The predicted octanol–water partition coefficient (Wildman–Crippen LogP) is 1.28. The van der Waals surface area contributed by atoms with E-state index in [-0.39, 0.29) is 0 Å². The normalized spacial score (nSPS) is 23.5. The minimum atomic E-state index is 0.701. The molecule has 1 aromatic heterocycles. The van der Waals surface area contributed by atoms with E-state index in [0.29, 0.717) is 5.92 Å². The molecule has 0 spiro atoms. The molecular formula is C7H10N2O. The number of anilines is 1. The molecule has 0 amide bonds. The summed E-state index contributed by atoms with van der Waals surface area (Å²) in [5.41, 5.74) is 1.21. The Labute approximate surface area is 59.4 Å². The number of rotatable bonds is 0. The van der Waals surface area contributed by atoms with Crippen molar-refractivity contribution in [3.05, 3.63) is 11.8 Å². The van der Waals surface area contributed by atoms with Crippen molar-refractivity contribution in [2.45, 2.75) is 13.3 Å². The van der Waals surface area contributed by atoms with Crippen LogP contribution in [0.4, 0.5) is 5.82 Å². The summed E-state index contributed by atoms with van der Waals surface area (Å²) in [6.07, 6.45) is 2.81. The van der Waals surface area contributed by atoms with E-state index >= 15 is 0 Å². The van der Waals surface area contributed by atoms with Crippen LogP contribution in [0.25, 0.3) is 0 Å². The topological polar surface area (TPSA) is 38.1 Å². The summed E-state index contributed by atoms with van der Waals surface area (Å²) in [7, 11) is 0. The largest absolute Gasteiger partial charge is 0.367 e. The average molecular weight is 138 g/mol. The SMILES string of the molecule is CC1CNc2nocc2C1. The zero-order valence-electron chi connectivity index (χ0n) is 5.92. The second-order valence-corrected chi connectivity index (χ2v) is 2.88. The van der Waals surface area contributed by atoms with Crippen molar-refractivity contribution in [1.82, 2.24) is 5.16 Å². The van der Waals surface area contributed by atoms with Gasteiger partial charge in [-0.05, 0) is 12.3 Å². The number of nitrogens with one attached hydrogen (secondary N) is 1. The molecule has 10 heavy (non-hydrogen) atoms. The second kappa shape index (κ2) is 2.01. The Hall–Kier alpha value is -0.990. The van der Waals surface area contributed by atoms with Crippen LogP contribution in [-0.2, 0) is 6.42 Å². The first kappa shape index (κ1) is 5.77. The number of aromatic nitrogens is 1. The minimum Gasteiger partial charge on any atom is -0.367 e. The van der Waals surface area contributed by atoms with Gasteiger partial charge in [-0.3, -0.25) is 0 Å². The van der Waals surface area contributed by atoms with Crippen LogP contribution in [0, 0.1) is 5.92 Å². The molecule has 1 aliphatic heterocycles. The molecule has 0 bridgehead atoms. The van der Waals surface area contributed by atoms with E-state index in [4.69, 9.17) is 4.52 Å². The quantitative estimate of drug-likeness (QED) is 0.586. The minimum absolute atomic E-state index is 0.701. The zero-order chi connectivity index (χ0) is 6.97. The maximum atomic E-state index is 4.80. The fourth-order valence-electron chi connectivity index (χ4n) is 1.27. The van der Waals surface area contributed by atoms with Gasteiger partial charge in [-0.15, -0.1) is 0 Å². The lowest BCUT2D eigenvalue weighted by molar-refractivity contribution is 0.422. The first-order valence-corrected chi connectivity index (χ1v) is 3.53. The Morgan fingerprint density at radius 3 is 3.60 bits per heavy atom. The summed E-state index contributed by atoms with van der Waals surface area (Å²) in [6.45, 7) is 3.22. The van der Waals surface area contributed by atoms with Crippen LogP contribution >= 0.6 is 0 Å². The van der Waals surface area contributed by atoms with Crippen molar-refractivity contribution in [3.8, 4) is 0 Å². The third kappa shape index (κ3) is 0.781. The van der Waals surface area contributed by atoms with Crippen molar-refractivity contribution in [2.75, 3.05) is 11.9 Å². The predicted molar refractivity (Wildman–Crippen MR) is 37.9 cm³/mol. The molecule has 1 aliphatic rings.